The summed E-state index contributed by atoms with van der Waals surface area (Å²) in [5, 5.41) is 0. The van der Waals surface area contributed by atoms with Gasteiger partial charge in [0.15, 0.2) is 0 Å². The fraction of sp³-hybridized carbons (Fsp3) is 0.667. The summed E-state index contributed by atoms with van der Waals surface area (Å²) in [6.07, 6.45) is 16.6. The Labute approximate surface area is 173 Å². The first-order valence-corrected chi connectivity index (χ1v) is 12.5. The molecule has 0 fully saturated rings. The third-order valence-corrected chi connectivity index (χ3v) is 6.52. The lowest BCUT2D eigenvalue weighted by Gasteiger charge is -2.17. The van der Waals surface area contributed by atoms with Gasteiger partial charge in [-0.3, -0.25) is 4.18 Å². The highest BCUT2D eigenvalue weighted by molar-refractivity contribution is 7.86. The predicted octanol–water partition coefficient (Wildman–Crippen LogP) is 7.35. The van der Waals surface area contributed by atoms with E-state index in [0.717, 1.165) is 31.2 Å². The van der Waals surface area contributed by atoms with Crippen LogP contribution < -0.4 is 0 Å². The molecule has 0 saturated heterocycles. The zero-order chi connectivity index (χ0) is 20.7. The molecule has 0 saturated carbocycles. The van der Waals surface area contributed by atoms with Crippen LogP contribution >= 0.6 is 0 Å². The van der Waals surface area contributed by atoms with Crippen LogP contribution in [-0.4, -0.2) is 14.5 Å². The number of hydrogen-bond acceptors (Lipinski definition) is 3. The van der Waals surface area contributed by atoms with Crippen LogP contribution in [0.3, 0.4) is 0 Å². The Balaban J connectivity index is 2.34. The molecule has 0 unspecified atom stereocenters. The van der Waals surface area contributed by atoms with E-state index in [1.54, 1.807) is 24.3 Å². The Morgan fingerprint density at radius 3 is 1.96 bits per heavy atom. The largest absolute Gasteiger partial charge is 0.297 e. The molecule has 0 N–H and O–H groups in total. The van der Waals surface area contributed by atoms with Crippen molar-refractivity contribution in [2.45, 2.75) is 108 Å². The molecule has 0 radical (unpaired) electrons. The van der Waals surface area contributed by atoms with Gasteiger partial charge in [-0.25, -0.2) is 0 Å². The second-order valence-electron chi connectivity index (χ2n) is 7.82. The van der Waals surface area contributed by atoms with Crippen molar-refractivity contribution in [2.24, 2.45) is 0 Å². The Hall–Kier alpha value is -1.13. The molecule has 3 nitrogen and oxygen atoms in total. The van der Waals surface area contributed by atoms with Gasteiger partial charge in [0.2, 0.25) is 0 Å². The number of benzene rings is 1. The monoisotopic (exact) mass is 408 g/mol. The van der Waals surface area contributed by atoms with E-state index in [0.29, 0.717) is 6.42 Å². The molecule has 0 bridgehead atoms. The van der Waals surface area contributed by atoms with Crippen LogP contribution in [0.5, 0.6) is 0 Å². The fourth-order valence-electron chi connectivity index (χ4n) is 3.34. The van der Waals surface area contributed by atoms with Gasteiger partial charge in [-0.2, -0.15) is 8.42 Å². The molecule has 1 atom stereocenters. The van der Waals surface area contributed by atoms with E-state index in [2.05, 4.69) is 13.5 Å². The van der Waals surface area contributed by atoms with Gasteiger partial charge < -0.3 is 0 Å². The Bertz CT molecular complexity index is 620. The summed E-state index contributed by atoms with van der Waals surface area (Å²) >= 11 is 0. The van der Waals surface area contributed by atoms with Crippen LogP contribution in [0.25, 0.3) is 0 Å². The second kappa shape index (κ2) is 14.8. The molecule has 1 rings (SSSR count). The van der Waals surface area contributed by atoms with Gasteiger partial charge in [-0.1, -0.05) is 94.9 Å². The first-order chi connectivity index (χ1) is 13.5. The Kier molecular flexibility index (Phi) is 13.2. The van der Waals surface area contributed by atoms with Crippen molar-refractivity contribution in [2.75, 3.05) is 0 Å². The summed E-state index contributed by atoms with van der Waals surface area (Å²) in [7, 11) is -3.70. The topological polar surface area (TPSA) is 43.4 Å². The van der Waals surface area contributed by atoms with E-state index < -0.39 is 10.1 Å². The molecular weight excluding hydrogens is 368 g/mol. The number of allylic oxidation sites excluding steroid dienone is 1. The Morgan fingerprint density at radius 1 is 0.893 bits per heavy atom. The molecule has 0 aliphatic heterocycles. The predicted molar refractivity (Wildman–Crippen MR) is 119 cm³/mol. The van der Waals surface area contributed by atoms with Crippen molar-refractivity contribution in [1.29, 1.82) is 0 Å². The standard InChI is InChI=1S/C24H40O3S/c1-4-6-8-9-10-11-12-13-14-15-17-23(16-7-5-2)27-28(25,26)24-20-18-22(3)19-21-24/h5,18-21,23H,2,4,6-17H2,1,3H3/t23-/m1/s1. The van der Waals surface area contributed by atoms with Crippen LogP contribution in [0.4, 0.5) is 0 Å². The lowest BCUT2D eigenvalue weighted by molar-refractivity contribution is 0.185. The summed E-state index contributed by atoms with van der Waals surface area (Å²) in [6.45, 7) is 7.94. The van der Waals surface area contributed by atoms with E-state index in [9.17, 15) is 8.42 Å². The van der Waals surface area contributed by atoms with Crippen LogP contribution in [0.15, 0.2) is 41.8 Å². The molecular formula is C24H40O3S. The van der Waals surface area contributed by atoms with Crippen LogP contribution in [0, 0.1) is 6.92 Å². The maximum absolute atomic E-state index is 12.6. The van der Waals surface area contributed by atoms with Gasteiger partial charge >= 0.3 is 0 Å². The third-order valence-electron chi connectivity index (χ3n) is 5.14. The maximum Gasteiger partial charge on any atom is 0.297 e. The van der Waals surface area contributed by atoms with E-state index in [1.807, 2.05) is 13.0 Å². The van der Waals surface area contributed by atoms with Crippen molar-refractivity contribution in [3.05, 3.63) is 42.5 Å². The lowest BCUT2D eigenvalue weighted by Crippen LogP contribution is -2.19. The summed E-state index contributed by atoms with van der Waals surface area (Å²) in [5.41, 5.74) is 1.03. The highest BCUT2D eigenvalue weighted by atomic mass is 32.2. The van der Waals surface area contributed by atoms with E-state index >= 15 is 0 Å². The van der Waals surface area contributed by atoms with Crippen LogP contribution in [0.1, 0.15) is 96.0 Å². The molecule has 0 aliphatic rings. The zero-order valence-electron chi connectivity index (χ0n) is 18.0. The molecule has 0 spiro atoms. The molecule has 0 aromatic heterocycles. The molecule has 4 heteroatoms. The summed E-state index contributed by atoms with van der Waals surface area (Å²) in [4.78, 5) is 0.241. The molecule has 0 amide bonds. The van der Waals surface area contributed by atoms with E-state index in [1.165, 1.54) is 51.4 Å². The van der Waals surface area contributed by atoms with Gasteiger partial charge in [-0.15, -0.1) is 6.58 Å². The quantitative estimate of drug-likeness (QED) is 0.154. The smallest absolute Gasteiger partial charge is 0.263 e. The number of rotatable bonds is 17. The minimum absolute atomic E-state index is 0.241. The third kappa shape index (κ3) is 11.0. The molecule has 1 aromatic carbocycles. The molecule has 160 valence electrons. The van der Waals surface area contributed by atoms with E-state index in [4.69, 9.17) is 4.18 Å². The zero-order valence-corrected chi connectivity index (χ0v) is 18.8. The van der Waals surface area contributed by atoms with Gasteiger partial charge in [0, 0.05) is 0 Å². The van der Waals surface area contributed by atoms with Crippen LogP contribution in [0.2, 0.25) is 0 Å². The first kappa shape index (κ1) is 24.9. The average molecular weight is 409 g/mol. The highest BCUT2D eigenvalue weighted by Gasteiger charge is 2.21. The molecule has 0 heterocycles. The lowest BCUT2D eigenvalue weighted by atomic mass is 10.0. The number of aryl methyl sites for hydroxylation is 1. The number of unbranched alkanes of at least 4 members (excludes halogenated alkanes) is 9. The van der Waals surface area contributed by atoms with E-state index in [-0.39, 0.29) is 11.0 Å². The second-order valence-corrected chi connectivity index (χ2v) is 9.39. The SMILES string of the molecule is C=CCC[C@H](CCCCCCCCCCCC)OS(=O)(=O)c1ccc(C)cc1. The normalized spacial score (nSPS) is 12.8. The number of hydrogen-bond donors (Lipinski definition) is 0. The minimum Gasteiger partial charge on any atom is -0.263 e. The van der Waals surface area contributed by atoms with Crippen molar-refractivity contribution >= 4 is 10.1 Å². The summed E-state index contributed by atoms with van der Waals surface area (Å²) in [6, 6.07) is 6.85. The van der Waals surface area contributed by atoms with Gasteiger partial charge in [0.25, 0.3) is 10.1 Å². The molecule has 28 heavy (non-hydrogen) atoms. The van der Waals surface area contributed by atoms with Gasteiger partial charge in [0.05, 0.1) is 11.0 Å². The van der Waals surface area contributed by atoms with Crippen molar-refractivity contribution in [1.82, 2.24) is 0 Å². The molecule has 1 aromatic rings. The van der Waals surface area contributed by atoms with Crippen molar-refractivity contribution < 1.29 is 12.6 Å². The van der Waals surface area contributed by atoms with Gasteiger partial charge in [-0.05, 0) is 38.3 Å². The summed E-state index contributed by atoms with van der Waals surface area (Å²) < 4.78 is 30.7. The minimum atomic E-state index is -3.70. The van der Waals surface area contributed by atoms with Gasteiger partial charge in [0.1, 0.15) is 0 Å². The van der Waals surface area contributed by atoms with Crippen molar-refractivity contribution in [3.63, 3.8) is 0 Å². The van der Waals surface area contributed by atoms with Crippen molar-refractivity contribution in [3.8, 4) is 0 Å². The maximum atomic E-state index is 12.6. The summed E-state index contributed by atoms with van der Waals surface area (Å²) in [5.74, 6) is 0. The highest BCUT2D eigenvalue weighted by Crippen LogP contribution is 2.21. The van der Waals surface area contributed by atoms with Crippen LogP contribution in [-0.2, 0) is 14.3 Å². The average Bonchev–Trinajstić information content (AvgIpc) is 2.67. The first-order valence-electron chi connectivity index (χ1n) is 11.1. The fourth-order valence-corrected chi connectivity index (χ4v) is 4.47. The Morgan fingerprint density at radius 2 is 1.43 bits per heavy atom. The molecule has 0 aliphatic carbocycles.